The maximum Gasteiger partial charge on any atom is 0.337 e. The van der Waals surface area contributed by atoms with Crippen LogP contribution in [0, 0.1) is 5.92 Å². The first-order valence-electron chi connectivity index (χ1n) is 13.6. The molecule has 188 valence electrons. The first kappa shape index (κ1) is 27.9. The molecular formula is C30H46N2O2. The smallest absolute Gasteiger partial charge is 0.337 e. The van der Waals surface area contributed by atoms with Crippen LogP contribution in [-0.4, -0.2) is 16.1 Å². The van der Waals surface area contributed by atoms with Crippen molar-refractivity contribution >= 4 is 11.7 Å². The lowest BCUT2D eigenvalue weighted by molar-refractivity contribution is 0.0698. The lowest BCUT2D eigenvalue weighted by Gasteiger charge is -2.10. The third-order valence-corrected chi connectivity index (χ3v) is 7.04. The van der Waals surface area contributed by atoms with E-state index in [9.17, 15) is 9.90 Å². The average Bonchev–Trinajstić information content (AvgIpc) is 2.84. The molecule has 0 amide bonds. The molecule has 3 N–H and O–H groups in total. The quantitative estimate of drug-likeness (QED) is 0.170. The minimum absolute atomic E-state index is 0.146. The van der Waals surface area contributed by atoms with Crippen molar-refractivity contribution in [2.24, 2.45) is 5.92 Å². The highest BCUT2D eigenvalue weighted by molar-refractivity contribution is 5.98. The van der Waals surface area contributed by atoms with Crippen molar-refractivity contribution in [1.29, 1.82) is 0 Å². The van der Waals surface area contributed by atoms with Gasteiger partial charge in [-0.1, -0.05) is 109 Å². The number of rotatable bonds is 18. The van der Waals surface area contributed by atoms with Gasteiger partial charge in [-0.05, 0) is 42.5 Å². The lowest BCUT2D eigenvalue weighted by Crippen LogP contribution is -2.03. The first-order valence-corrected chi connectivity index (χ1v) is 13.6. The molecule has 1 aromatic carbocycles. The molecule has 0 spiro atoms. The van der Waals surface area contributed by atoms with Gasteiger partial charge in [-0.25, -0.2) is 4.79 Å². The van der Waals surface area contributed by atoms with Gasteiger partial charge in [0, 0.05) is 17.5 Å². The number of aromatic nitrogens is 1. The number of benzene rings is 1. The number of aryl methyl sites for hydroxylation is 1. The number of carboxylic acid groups (broad SMARTS) is 1. The van der Waals surface area contributed by atoms with Crippen LogP contribution in [0.1, 0.15) is 120 Å². The van der Waals surface area contributed by atoms with Crippen LogP contribution >= 0.6 is 0 Å². The van der Waals surface area contributed by atoms with Gasteiger partial charge in [0.25, 0.3) is 0 Å². The van der Waals surface area contributed by atoms with E-state index in [1.807, 2.05) is 18.2 Å². The van der Waals surface area contributed by atoms with Crippen molar-refractivity contribution in [3.05, 3.63) is 47.8 Å². The number of carboxylic acids is 1. The fourth-order valence-corrected chi connectivity index (χ4v) is 4.56. The molecule has 2 aromatic rings. The highest BCUT2D eigenvalue weighted by atomic mass is 16.4. The third kappa shape index (κ3) is 10.3. The number of para-hydroxylation sites is 1. The molecule has 4 nitrogen and oxygen atoms in total. The van der Waals surface area contributed by atoms with E-state index in [4.69, 9.17) is 5.73 Å². The van der Waals surface area contributed by atoms with E-state index in [0.29, 0.717) is 5.69 Å². The van der Waals surface area contributed by atoms with Gasteiger partial charge in [0.2, 0.25) is 0 Å². The van der Waals surface area contributed by atoms with E-state index in [1.54, 1.807) is 18.3 Å². The van der Waals surface area contributed by atoms with Crippen molar-refractivity contribution in [2.75, 3.05) is 5.73 Å². The summed E-state index contributed by atoms with van der Waals surface area (Å²) in [6.07, 6.45) is 21.7. The van der Waals surface area contributed by atoms with Gasteiger partial charge in [0.15, 0.2) is 0 Å². The van der Waals surface area contributed by atoms with Crippen molar-refractivity contribution in [3.8, 4) is 11.1 Å². The Morgan fingerprint density at radius 1 is 0.912 bits per heavy atom. The van der Waals surface area contributed by atoms with Gasteiger partial charge in [0.1, 0.15) is 0 Å². The van der Waals surface area contributed by atoms with Crippen molar-refractivity contribution in [3.63, 3.8) is 0 Å². The maximum absolute atomic E-state index is 11.4. The maximum atomic E-state index is 11.4. The van der Waals surface area contributed by atoms with Gasteiger partial charge in [-0.15, -0.1) is 0 Å². The molecule has 1 atom stereocenters. The summed E-state index contributed by atoms with van der Waals surface area (Å²) >= 11 is 0. The van der Waals surface area contributed by atoms with E-state index in [0.717, 1.165) is 35.6 Å². The highest BCUT2D eigenvalue weighted by Crippen LogP contribution is 2.29. The van der Waals surface area contributed by atoms with Gasteiger partial charge < -0.3 is 10.8 Å². The zero-order valence-electron chi connectivity index (χ0n) is 21.5. The monoisotopic (exact) mass is 466 g/mol. The Morgan fingerprint density at radius 3 is 2.09 bits per heavy atom. The number of carbonyl (C=O) groups is 1. The summed E-state index contributed by atoms with van der Waals surface area (Å²) < 4.78 is 0. The second kappa shape index (κ2) is 16.3. The zero-order valence-corrected chi connectivity index (χ0v) is 21.5. The van der Waals surface area contributed by atoms with Gasteiger partial charge in [-0.3, -0.25) is 4.98 Å². The molecule has 0 radical (unpaired) electrons. The molecule has 0 fully saturated rings. The summed E-state index contributed by atoms with van der Waals surface area (Å²) in [6, 6.07) is 9.09. The summed E-state index contributed by atoms with van der Waals surface area (Å²) in [5, 5.41) is 9.31. The summed E-state index contributed by atoms with van der Waals surface area (Å²) in [6.45, 7) is 4.67. The predicted octanol–water partition coefficient (Wildman–Crippen LogP) is 8.69. The minimum atomic E-state index is -0.999. The number of hydrogen-bond acceptors (Lipinski definition) is 3. The number of nitrogens with two attached hydrogens (primary N) is 1. The molecule has 0 saturated carbocycles. The zero-order chi connectivity index (χ0) is 24.6. The number of nitrogen functional groups attached to an aromatic ring is 1. The molecule has 0 bridgehead atoms. The van der Waals surface area contributed by atoms with E-state index in [1.165, 1.54) is 83.5 Å². The Bertz CT molecular complexity index is 849. The largest absolute Gasteiger partial charge is 0.478 e. The Morgan fingerprint density at radius 2 is 1.50 bits per heavy atom. The minimum Gasteiger partial charge on any atom is -0.478 e. The van der Waals surface area contributed by atoms with Gasteiger partial charge in [0.05, 0.1) is 11.3 Å². The summed E-state index contributed by atoms with van der Waals surface area (Å²) in [7, 11) is 0. The normalized spacial score (nSPS) is 12.1. The average molecular weight is 467 g/mol. The molecule has 1 aromatic heterocycles. The van der Waals surface area contributed by atoms with Crippen LogP contribution in [0.3, 0.4) is 0 Å². The topological polar surface area (TPSA) is 76.2 Å². The second-order valence-corrected chi connectivity index (χ2v) is 9.90. The van der Waals surface area contributed by atoms with E-state index < -0.39 is 5.97 Å². The molecular weight excluding hydrogens is 420 g/mol. The number of hydrogen-bond donors (Lipinski definition) is 2. The molecule has 34 heavy (non-hydrogen) atoms. The third-order valence-electron chi connectivity index (χ3n) is 7.04. The molecule has 1 unspecified atom stereocenters. The van der Waals surface area contributed by atoms with Gasteiger partial charge in [-0.2, -0.15) is 0 Å². The Hall–Kier alpha value is -2.36. The molecule has 0 aliphatic heterocycles. The number of unbranched alkanes of at least 4 members (excludes halogenated alkanes) is 11. The molecule has 1 heterocycles. The molecule has 0 aliphatic carbocycles. The molecule has 0 saturated heterocycles. The van der Waals surface area contributed by atoms with Crippen LogP contribution in [0.2, 0.25) is 0 Å². The SMILES string of the molecule is CCC(C)CCCCCCCCCCCCCCc1cc(-c2cccc(C(=O)O)c2N)ccn1. The second-order valence-electron chi connectivity index (χ2n) is 9.90. The molecule has 2 rings (SSSR count). The number of pyridine rings is 1. The predicted molar refractivity (Wildman–Crippen MR) is 144 cm³/mol. The van der Waals surface area contributed by atoms with Crippen LogP contribution < -0.4 is 5.73 Å². The summed E-state index contributed by atoms with van der Waals surface area (Å²) in [5.41, 5.74) is 9.30. The van der Waals surface area contributed by atoms with Crippen LogP contribution in [0.5, 0.6) is 0 Å². The van der Waals surface area contributed by atoms with Gasteiger partial charge >= 0.3 is 5.97 Å². The number of nitrogens with zero attached hydrogens (tertiary/aromatic N) is 1. The van der Waals surface area contributed by atoms with Crippen molar-refractivity contribution < 1.29 is 9.90 Å². The van der Waals surface area contributed by atoms with Crippen LogP contribution in [0.15, 0.2) is 36.5 Å². The lowest BCUT2D eigenvalue weighted by atomic mass is 9.99. The number of anilines is 1. The summed E-state index contributed by atoms with van der Waals surface area (Å²) in [4.78, 5) is 15.9. The van der Waals surface area contributed by atoms with Crippen molar-refractivity contribution in [1.82, 2.24) is 4.98 Å². The van der Waals surface area contributed by atoms with E-state index in [-0.39, 0.29) is 5.56 Å². The Balaban J connectivity index is 1.55. The fraction of sp³-hybridized carbons (Fsp3) is 0.600. The van der Waals surface area contributed by atoms with E-state index >= 15 is 0 Å². The van der Waals surface area contributed by atoms with Crippen molar-refractivity contribution in [2.45, 2.75) is 110 Å². The Kier molecular flexibility index (Phi) is 13.4. The Labute approximate surface area is 207 Å². The van der Waals surface area contributed by atoms with Crippen LogP contribution in [0.25, 0.3) is 11.1 Å². The summed E-state index contributed by atoms with van der Waals surface area (Å²) in [5.74, 6) is -0.0924. The van der Waals surface area contributed by atoms with Crippen LogP contribution in [0.4, 0.5) is 5.69 Å². The first-order chi connectivity index (χ1) is 16.5. The van der Waals surface area contributed by atoms with Crippen LogP contribution in [-0.2, 0) is 6.42 Å². The number of aromatic carboxylic acids is 1. The van der Waals surface area contributed by atoms with E-state index in [2.05, 4.69) is 18.8 Å². The molecule has 0 aliphatic rings. The molecule has 4 heteroatoms. The standard InChI is InChI=1S/C30H46N2O2/c1-3-24(2)17-14-12-10-8-6-4-5-7-9-11-13-15-18-26-23-25(21-22-32-26)27-19-16-20-28(29(27)31)30(33)34/h16,19-24H,3-15,17-18,31H2,1-2H3,(H,33,34). The fourth-order valence-electron chi connectivity index (χ4n) is 4.56. The highest BCUT2D eigenvalue weighted by Gasteiger charge is 2.12.